The molecule has 5 nitrogen and oxygen atoms in total. The van der Waals surface area contributed by atoms with Gasteiger partial charge in [-0.1, -0.05) is 19.3 Å². The van der Waals surface area contributed by atoms with Crippen LogP contribution in [0.4, 0.5) is 0 Å². The van der Waals surface area contributed by atoms with E-state index in [1.807, 2.05) is 4.90 Å². The Bertz CT molecular complexity index is 349. The number of hydrogen-bond acceptors (Lipinski definition) is 3. The Balaban J connectivity index is 1.75. The summed E-state index contributed by atoms with van der Waals surface area (Å²) in [6.45, 7) is 3.02. The van der Waals surface area contributed by atoms with Crippen LogP contribution in [0.1, 0.15) is 32.1 Å². The van der Waals surface area contributed by atoms with E-state index >= 15 is 0 Å². The van der Waals surface area contributed by atoms with Gasteiger partial charge in [-0.25, -0.2) is 0 Å². The van der Waals surface area contributed by atoms with Crippen LogP contribution >= 0.6 is 0 Å². The predicted octanol–water partition coefficient (Wildman–Crippen LogP) is -0.0383. The van der Waals surface area contributed by atoms with E-state index in [0.29, 0.717) is 12.6 Å². The highest BCUT2D eigenvalue weighted by Gasteiger charge is 2.42. The minimum absolute atomic E-state index is 0.186. The van der Waals surface area contributed by atoms with Crippen molar-refractivity contribution in [2.75, 3.05) is 26.2 Å². The molecule has 0 radical (unpaired) electrons. The molecule has 1 unspecified atom stereocenters. The number of carbonyl (C=O) groups is 2. The molecule has 2 heterocycles. The fraction of sp³-hybridized carbons (Fsp3) is 0.846. The Kier molecular flexibility index (Phi) is 3.24. The first-order valence-corrected chi connectivity index (χ1v) is 7.09. The van der Waals surface area contributed by atoms with Crippen molar-refractivity contribution in [3.8, 4) is 0 Å². The average molecular weight is 251 g/mol. The summed E-state index contributed by atoms with van der Waals surface area (Å²) in [5.74, 6) is -0.543. The first-order valence-electron chi connectivity index (χ1n) is 7.09. The highest BCUT2D eigenvalue weighted by molar-refractivity contribution is 6.35. The minimum atomic E-state index is -0.279. The van der Waals surface area contributed by atoms with E-state index in [9.17, 15) is 9.59 Å². The molecule has 1 N–H and O–H groups in total. The molecule has 3 fully saturated rings. The van der Waals surface area contributed by atoms with E-state index in [2.05, 4.69) is 5.32 Å². The third kappa shape index (κ3) is 2.00. The number of fused-ring (bicyclic) bond motifs is 1. The summed E-state index contributed by atoms with van der Waals surface area (Å²) in [6, 6.07) is 0.491. The van der Waals surface area contributed by atoms with Gasteiger partial charge in [-0.2, -0.15) is 0 Å². The molecule has 2 saturated heterocycles. The SMILES string of the molecule is O=C1C(=O)N(C2CCCCC2)CC2CNCCN12. The molecule has 0 spiro atoms. The van der Waals surface area contributed by atoms with E-state index in [0.717, 1.165) is 32.5 Å². The fourth-order valence-corrected chi connectivity index (χ4v) is 3.45. The molecule has 5 heteroatoms. The monoisotopic (exact) mass is 251 g/mol. The van der Waals surface area contributed by atoms with Crippen LogP contribution in [0.2, 0.25) is 0 Å². The van der Waals surface area contributed by atoms with E-state index < -0.39 is 0 Å². The van der Waals surface area contributed by atoms with Gasteiger partial charge in [0.25, 0.3) is 0 Å². The Labute approximate surface area is 107 Å². The topological polar surface area (TPSA) is 52.7 Å². The molecule has 0 aromatic carbocycles. The van der Waals surface area contributed by atoms with Crippen molar-refractivity contribution >= 4 is 11.8 Å². The smallest absolute Gasteiger partial charge is 0.312 e. The summed E-state index contributed by atoms with van der Waals surface area (Å²) in [7, 11) is 0. The van der Waals surface area contributed by atoms with Crippen LogP contribution in [-0.4, -0.2) is 59.9 Å². The second-order valence-corrected chi connectivity index (χ2v) is 5.61. The van der Waals surface area contributed by atoms with Gasteiger partial charge in [0.15, 0.2) is 0 Å². The lowest BCUT2D eigenvalue weighted by Gasteiger charge is -2.46. The second-order valence-electron chi connectivity index (χ2n) is 5.61. The highest BCUT2D eigenvalue weighted by Crippen LogP contribution is 2.26. The molecule has 3 aliphatic rings. The molecule has 1 atom stereocenters. The molecule has 1 saturated carbocycles. The summed E-state index contributed by atoms with van der Waals surface area (Å²) in [5.41, 5.74) is 0. The molecule has 0 bridgehead atoms. The Hall–Kier alpha value is -1.10. The van der Waals surface area contributed by atoms with Gasteiger partial charge in [0.2, 0.25) is 0 Å². The van der Waals surface area contributed by atoms with Gasteiger partial charge >= 0.3 is 11.8 Å². The third-order valence-electron chi connectivity index (χ3n) is 4.48. The van der Waals surface area contributed by atoms with Crippen LogP contribution in [-0.2, 0) is 9.59 Å². The zero-order valence-corrected chi connectivity index (χ0v) is 10.7. The predicted molar refractivity (Wildman–Crippen MR) is 67.0 cm³/mol. The molecule has 1 aliphatic carbocycles. The molecule has 100 valence electrons. The van der Waals surface area contributed by atoms with Crippen molar-refractivity contribution in [3.63, 3.8) is 0 Å². The Morgan fingerprint density at radius 1 is 0.944 bits per heavy atom. The maximum Gasteiger partial charge on any atom is 0.312 e. The van der Waals surface area contributed by atoms with Gasteiger partial charge in [0.05, 0.1) is 6.04 Å². The van der Waals surface area contributed by atoms with E-state index in [1.165, 1.54) is 19.3 Å². The maximum absolute atomic E-state index is 12.2. The molecular weight excluding hydrogens is 230 g/mol. The quantitative estimate of drug-likeness (QED) is 0.665. The van der Waals surface area contributed by atoms with Crippen molar-refractivity contribution < 1.29 is 9.59 Å². The normalized spacial score (nSPS) is 30.6. The summed E-state index contributed by atoms with van der Waals surface area (Å²) >= 11 is 0. The molecule has 0 aromatic heterocycles. The summed E-state index contributed by atoms with van der Waals surface area (Å²) in [5, 5.41) is 3.31. The van der Waals surface area contributed by atoms with Crippen LogP contribution in [0, 0.1) is 0 Å². The zero-order chi connectivity index (χ0) is 12.5. The number of rotatable bonds is 1. The van der Waals surface area contributed by atoms with Crippen molar-refractivity contribution in [3.05, 3.63) is 0 Å². The van der Waals surface area contributed by atoms with E-state index in [-0.39, 0.29) is 17.9 Å². The van der Waals surface area contributed by atoms with Crippen LogP contribution in [0.5, 0.6) is 0 Å². The number of piperazine rings is 2. The molecule has 2 aliphatic heterocycles. The average Bonchev–Trinajstić information content (AvgIpc) is 2.44. The lowest BCUT2D eigenvalue weighted by atomic mass is 9.92. The first kappa shape index (κ1) is 12.0. The fourth-order valence-electron chi connectivity index (χ4n) is 3.45. The maximum atomic E-state index is 12.2. The van der Waals surface area contributed by atoms with Crippen LogP contribution < -0.4 is 5.32 Å². The first-order chi connectivity index (χ1) is 8.77. The van der Waals surface area contributed by atoms with Crippen molar-refractivity contribution in [2.45, 2.75) is 44.2 Å². The summed E-state index contributed by atoms with van der Waals surface area (Å²) in [4.78, 5) is 27.9. The van der Waals surface area contributed by atoms with Crippen molar-refractivity contribution in [1.82, 2.24) is 15.1 Å². The number of carbonyl (C=O) groups excluding carboxylic acids is 2. The number of hydrogen-bond donors (Lipinski definition) is 1. The largest absolute Gasteiger partial charge is 0.329 e. The molecule has 3 rings (SSSR count). The van der Waals surface area contributed by atoms with Gasteiger partial charge in [-0.05, 0) is 12.8 Å². The summed E-state index contributed by atoms with van der Waals surface area (Å²) < 4.78 is 0. The van der Waals surface area contributed by atoms with Gasteiger partial charge < -0.3 is 15.1 Å². The number of nitrogens with one attached hydrogen (secondary N) is 1. The van der Waals surface area contributed by atoms with E-state index in [4.69, 9.17) is 0 Å². The third-order valence-corrected chi connectivity index (χ3v) is 4.48. The molecule has 0 aromatic rings. The van der Waals surface area contributed by atoms with Crippen LogP contribution in [0.15, 0.2) is 0 Å². The molecular formula is C13H21N3O2. The van der Waals surface area contributed by atoms with Gasteiger partial charge in [0, 0.05) is 32.2 Å². The molecule has 2 amide bonds. The lowest BCUT2D eigenvalue weighted by Crippen LogP contribution is -2.67. The zero-order valence-electron chi connectivity index (χ0n) is 10.7. The summed E-state index contributed by atoms with van der Waals surface area (Å²) in [6.07, 6.45) is 5.78. The van der Waals surface area contributed by atoms with Crippen molar-refractivity contribution in [1.29, 1.82) is 0 Å². The Morgan fingerprint density at radius 3 is 2.44 bits per heavy atom. The van der Waals surface area contributed by atoms with E-state index in [1.54, 1.807) is 4.90 Å². The molecule has 18 heavy (non-hydrogen) atoms. The van der Waals surface area contributed by atoms with Crippen LogP contribution in [0.3, 0.4) is 0 Å². The Morgan fingerprint density at radius 2 is 1.67 bits per heavy atom. The number of nitrogens with zero attached hydrogens (tertiary/aromatic N) is 2. The second kappa shape index (κ2) is 4.88. The van der Waals surface area contributed by atoms with Crippen LogP contribution in [0.25, 0.3) is 0 Å². The van der Waals surface area contributed by atoms with Crippen molar-refractivity contribution in [2.24, 2.45) is 0 Å². The van der Waals surface area contributed by atoms with Gasteiger partial charge in [-0.15, -0.1) is 0 Å². The minimum Gasteiger partial charge on any atom is -0.329 e. The standard InChI is InChI=1S/C13H21N3O2/c17-12-13(18)16(10-4-2-1-3-5-10)9-11-8-14-6-7-15(11)12/h10-11,14H,1-9H2. The highest BCUT2D eigenvalue weighted by atomic mass is 16.2. The number of amides is 2. The van der Waals surface area contributed by atoms with Gasteiger partial charge in [0.1, 0.15) is 0 Å². The lowest BCUT2D eigenvalue weighted by molar-refractivity contribution is -0.162. The van der Waals surface area contributed by atoms with Gasteiger partial charge in [-0.3, -0.25) is 9.59 Å².